The molecule has 0 aliphatic carbocycles. The maximum atomic E-state index is 13.8. The molecule has 1 atom stereocenters. The van der Waals surface area contributed by atoms with Gasteiger partial charge in [0.25, 0.3) is 0 Å². The number of benzene rings is 1. The minimum Gasteiger partial charge on any atom is -0.342 e. The molecule has 1 aromatic rings. The summed E-state index contributed by atoms with van der Waals surface area (Å²) in [6.45, 7) is 4.43. The molecular formula is C17H25FN2O. The molecule has 1 aromatic carbocycles. The molecular weight excluding hydrogens is 267 g/mol. The molecule has 0 radical (unpaired) electrons. The van der Waals surface area contributed by atoms with Crippen LogP contribution >= 0.6 is 0 Å². The fraction of sp³-hybridized carbons (Fsp3) is 0.588. The van der Waals surface area contributed by atoms with E-state index in [9.17, 15) is 9.18 Å². The number of carbonyl (C=O) groups excluding carboxylic acids is 1. The van der Waals surface area contributed by atoms with Crippen LogP contribution in [0.5, 0.6) is 0 Å². The Balaban J connectivity index is 1.91. The fourth-order valence-electron chi connectivity index (χ4n) is 3.02. The number of carbonyl (C=O) groups is 1. The normalized spacial score (nSPS) is 17.8. The van der Waals surface area contributed by atoms with Gasteiger partial charge in [0.15, 0.2) is 0 Å². The van der Waals surface area contributed by atoms with Crippen LogP contribution in [0.25, 0.3) is 0 Å². The van der Waals surface area contributed by atoms with Crippen molar-refractivity contribution in [2.45, 2.75) is 32.1 Å². The van der Waals surface area contributed by atoms with E-state index in [1.165, 1.54) is 12.5 Å². The summed E-state index contributed by atoms with van der Waals surface area (Å²) in [4.78, 5) is 14.4. The highest BCUT2D eigenvalue weighted by Crippen LogP contribution is 2.25. The van der Waals surface area contributed by atoms with Crippen molar-refractivity contribution < 1.29 is 9.18 Å². The van der Waals surface area contributed by atoms with Crippen LogP contribution in [0.1, 0.15) is 37.7 Å². The van der Waals surface area contributed by atoms with E-state index in [0.717, 1.165) is 32.5 Å². The lowest BCUT2D eigenvalue weighted by molar-refractivity contribution is -0.133. The van der Waals surface area contributed by atoms with Crippen molar-refractivity contribution in [1.29, 1.82) is 0 Å². The molecule has 0 bridgehead atoms. The second kappa shape index (κ2) is 7.55. The quantitative estimate of drug-likeness (QED) is 0.905. The molecule has 2 rings (SSSR count). The maximum absolute atomic E-state index is 13.8. The van der Waals surface area contributed by atoms with Crippen LogP contribution in [0.2, 0.25) is 0 Å². The van der Waals surface area contributed by atoms with Gasteiger partial charge in [-0.3, -0.25) is 4.79 Å². The SMILES string of the molecule is CNCCC1CCN(C(=O)C(C)c2ccccc2F)CC1. The second-order valence-corrected chi connectivity index (χ2v) is 5.90. The first kappa shape index (κ1) is 16.0. The smallest absolute Gasteiger partial charge is 0.229 e. The van der Waals surface area contributed by atoms with E-state index in [0.29, 0.717) is 11.5 Å². The number of hydrogen-bond acceptors (Lipinski definition) is 2. The summed E-state index contributed by atoms with van der Waals surface area (Å²) < 4.78 is 13.8. The van der Waals surface area contributed by atoms with Gasteiger partial charge in [-0.2, -0.15) is 0 Å². The van der Waals surface area contributed by atoms with Crippen LogP contribution in [0.15, 0.2) is 24.3 Å². The molecule has 4 heteroatoms. The summed E-state index contributed by atoms with van der Waals surface area (Å²) in [6.07, 6.45) is 3.27. The Morgan fingerprint density at radius 1 is 1.38 bits per heavy atom. The van der Waals surface area contributed by atoms with Gasteiger partial charge in [0.05, 0.1) is 5.92 Å². The van der Waals surface area contributed by atoms with Crippen molar-refractivity contribution in [2.24, 2.45) is 5.92 Å². The first-order chi connectivity index (χ1) is 10.1. The van der Waals surface area contributed by atoms with Crippen molar-refractivity contribution in [1.82, 2.24) is 10.2 Å². The molecule has 1 aliphatic rings. The van der Waals surface area contributed by atoms with Crippen LogP contribution in [0, 0.1) is 11.7 Å². The summed E-state index contributed by atoms with van der Waals surface area (Å²) in [7, 11) is 1.97. The van der Waals surface area contributed by atoms with Crippen LogP contribution in [0.3, 0.4) is 0 Å². The van der Waals surface area contributed by atoms with Gasteiger partial charge >= 0.3 is 0 Å². The number of halogens is 1. The molecule has 1 heterocycles. The van der Waals surface area contributed by atoms with E-state index in [1.807, 2.05) is 11.9 Å². The first-order valence-corrected chi connectivity index (χ1v) is 7.81. The van der Waals surface area contributed by atoms with Gasteiger partial charge in [-0.15, -0.1) is 0 Å². The molecule has 1 aliphatic heterocycles. The molecule has 0 aromatic heterocycles. The lowest BCUT2D eigenvalue weighted by Gasteiger charge is -2.33. The van der Waals surface area contributed by atoms with Crippen molar-refractivity contribution in [3.05, 3.63) is 35.6 Å². The molecule has 3 nitrogen and oxygen atoms in total. The number of nitrogens with one attached hydrogen (secondary N) is 1. The standard InChI is InChI=1S/C17H25FN2O/c1-13(15-5-3-4-6-16(15)18)17(21)20-11-8-14(9-12-20)7-10-19-2/h3-6,13-14,19H,7-12H2,1-2H3. The van der Waals surface area contributed by atoms with E-state index in [2.05, 4.69) is 5.32 Å². The molecule has 1 N–H and O–H groups in total. The van der Waals surface area contributed by atoms with Crippen LogP contribution < -0.4 is 5.32 Å². The third kappa shape index (κ3) is 4.03. The van der Waals surface area contributed by atoms with E-state index in [1.54, 1.807) is 25.1 Å². The van der Waals surface area contributed by atoms with Crippen molar-refractivity contribution in [3.8, 4) is 0 Å². The van der Waals surface area contributed by atoms with Crippen molar-refractivity contribution in [2.75, 3.05) is 26.7 Å². The predicted molar refractivity (Wildman–Crippen MR) is 82.7 cm³/mol. The molecule has 0 spiro atoms. The first-order valence-electron chi connectivity index (χ1n) is 7.81. The zero-order valence-corrected chi connectivity index (χ0v) is 12.9. The van der Waals surface area contributed by atoms with Crippen LogP contribution in [0.4, 0.5) is 4.39 Å². The van der Waals surface area contributed by atoms with E-state index in [-0.39, 0.29) is 11.7 Å². The van der Waals surface area contributed by atoms with Gasteiger partial charge in [-0.25, -0.2) is 4.39 Å². The Bertz CT molecular complexity index is 470. The minimum absolute atomic E-state index is 0.0483. The molecule has 116 valence electrons. The van der Waals surface area contributed by atoms with Gasteiger partial charge in [0.1, 0.15) is 5.82 Å². The highest BCUT2D eigenvalue weighted by molar-refractivity contribution is 5.83. The Morgan fingerprint density at radius 3 is 2.67 bits per heavy atom. The van der Waals surface area contributed by atoms with E-state index >= 15 is 0 Å². The molecule has 21 heavy (non-hydrogen) atoms. The lowest BCUT2D eigenvalue weighted by Crippen LogP contribution is -2.41. The topological polar surface area (TPSA) is 32.3 Å². The minimum atomic E-state index is -0.403. The maximum Gasteiger partial charge on any atom is 0.229 e. The molecule has 1 saturated heterocycles. The number of hydrogen-bond donors (Lipinski definition) is 1. The fourth-order valence-corrected chi connectivity index (χ4v) is 3.02. The van der Waals surface area contributed by atoms with E-state index in [4.69, 9.17) is 0 Å². The van der Waals surface area contributed by atoms with E-state index < -0.39 is 5.92 Å². The van der Waals surface area contributed by atoms with Crippen molar-refractivity contribution in [3.63, 3.8) is 0 Å². The van der Waals surface area contributed by atoms with Crippen LogP contribution in [-0.2, 0) is 4.79 Å². The molecule has 1 unspecified atom stereocenters. The summed E-state index contributed by atoms with van der Waals surface area (Å²) >= 11 is 0. The Morgan fingerprint density at radius 2 is 2.05 bits per heavy atom. The van der Waals surface area contributed by atoms with Gasteiger partial charge in [0.2, 0.25) is 5.91 Å². The number of piperidine rings is 1. The Kier molecular flexibility index (Phi) is 5.74. The number of rotatable bonds is 5. The van der Waals surface area contributed by atoms with Gasteiger partial charge in [-0.1, -0.05) is 18.2 Å². The third-order valence-electron chi connectivity index (χ3n) is 4.47. The predicted octanol–water partition coefficient (Wildman–Crippen LogP) is 2.78. The Hall–Kier alpha value is -1.42. The highest BCUT2D eigenvalue weighted by atomic mass is 19.1. The average molecular weight is 292 g/mol. The summed E-state index contributed by atoms with van der Waals surface area (Å²) in [5.74, 6) is 0.0553. The summed E-state index contributed by atoms with van der Waals surface area (Å²) in [6, 6.07) is 6.57. The van der Waals surface area contributed by atoms with Gasteiger partial charge in [-0.05, 0) is 57.3 Å². The zero-order valence-electron chi connectivity index (χ0n) is 12.9. The summed E-state index contributed by atoms with van der Waals surface area (Å²) in [5, 5.41) is 3.17. The van der Waals surface area contributed by atoms with Gasteiger partial charge < -0.3 is 10.2 Å². The lowest BCUT2D eigenvalue weighted by atomic mass is 9.92. The highest BCUT2D eigenvalue weighted by Gasteiger charge is 2.27. The van der Waals surface area contributed by atoms with Crippen LogP contribution in [-0.4, -0.2) is 37.5 Å². The molecule has 1 amide bonds. The van der Waals surface area contributed by atoms with Gasteiger partial charge in [0, 0.05) is 13.1 Å². The number of amides is 1. The largest absolute Gasteiger partial charge is 0.342 e. The zero-order chi connectivity index (χ0) is 15.2. The molecule has 0 saturated carbocycles. The summed E-state index contributed by atoms with van der Waals surface area (Å²) in [5.41, 5.74) is 0.500. The second-order valence-electron chi connectivity index (χ2n) is 5.90. The van der Waals surface area contributed by atoms with Crippen molar-refractivity contribution >= 4 is 5.91 Å². The number of likely N-dealkylation sites (tertiary alicyclic amines) is 1. The third-order valence-corrected chi connectivity index (χ3v) is 4.47. The monoisotopic (exact) mass is 292 g/mol. The number of nitrogens with zero attached hydrogens (tertiary/aromatic N) is 1. The molecule has 1 fully saturated rings. The average Bonchev–Trinajstić information content (AvgIpc) is 2.52. The Labute approximate surface area is 126 Å².